The summed E-state index contributed by atoms with van der Waals surface area (Å²) in [5, 5.41) is 0. The highest BCUT2D eigenvalue weighted by atomic mass is 15.2. The van der Waals surface area contributed by atoms with Crippen molar-refractivity contribution in [1.29, 1.82) is 0 Å². The predicted molar refractivity (Wildman–Crippen MR) is 316 cm³/mol. The van der Waals surface area contributed by atoms with Crippen molar-refractivity contribution in [2.45, 2.75) is 37.0 Å². The van der Waals surface area contributed by atoms with Gasteiger partial charge >= 0.3 is 0 Å². The average Bonchev–Trinajstić information content (AvgIpc) is 3.48. The van der Waals surface area contributed by atoms with E-state index in [9.17, 15) is 0 Å². The van der Waals surface area contributed by atoms with Crippen LogP contribution in [0.5, 0.6) is 0 Å². The Morgan fingerprint density at radius 2 is 0.547 bits per heavy atom. The van der Waals surface area contributed by atoms with Crippen LogP contribution in [0.25, 0.3) is 0 Å². The average molecular weight is 961 g/mol. The second-order valence-corrected chi connectivity index (χ2v) is 21.2. The van der Waals surface area contributed by atoms with Crippen molar-refractivity contribution in [3.8, 4) is 0 Å². The van der Waals surface area contributed by atoms with Gasteiger partial charge in [-0.3, -0.25) is 0 Å². The van der Waals surface area contributed by atoms with E-state index in [1.807, 2.05) is 0 Å². The second kappa shape index (κ2) is 18.5. The lowest BCUT2D eigenvalue weighted by molar-refractivity contribution is 0.591. The molecule has 0 aromatic heterocycles. The van der Waals surface area contributed by atoms with Crippen LogP contribution in [0, 0.1) is 0 Å². The molecule has 0 unspecified atom stereocenters. The number of rotatable bonds is 10. The zero-order valence-electron chi connectivity index (χ0n) is 42.7. The maximum atomic E-state index is 2.53. The smallest absolute Gasteiger partial charge is 0.252 e. The van der Waals surface area contributed by atoms with Gasteiger partial charge in [0.05, 0.1) is 10.8 Å². The molecular formula is C72H57BN2. The van der Waals surface area contributed by atoms with Crippen LogP contribution in [0.2, 0.25) is 0 Å². The lowest BCUT2D eigenvalue weighted by Gasteiger charge is -2.44. The number of hydrogen-bond donors (Lipinski definition) is 0. The Labute approximate surface area is 443 Å². The van der Waals surface area contributed by atoms with Crippen molar-refractivity contribution in [3.63, 3.8) is 0 Å². The third-order valence-electron chi connectivity index (χ3n) is 16.1. The summed E-state index contributed by atoms with van der Waals surface area (Å²) >= 11 is 0. The first-order valence-corrected chi connectivity index (χ1v) is 26.4. The number of benzene rings is 11. The molecular weight excluding hydrogens is 904 g/mol. The Kier molecular flexibility index (Phi) is 11.3. The van der Waals surface area contributed by atoms with Gasteiger partial charge in [-0.15, -0.1) is 0 Å². The molecule has 11 aromatic rings. The molecule has 2 aliphatic rings. The molecule has 0 fully saturated rings. The monoisotopic (exact) mass is 960 g/mol. The van der Waals surface area contributed by atoms with E-state index >= 15 is 0 Å². The molecule has 2 nitrogen and oxygen atoms in total. The SMILES string of the molecule is CC(C)(C)c1ccc2c(c1)B1c3ccccc3N(c3ccc(C(c4ccccc4)(c4ccccc4)c4ccccc4)cc3)c3cccc(c31)N2c1ccc(C(c2ccccc2)(c2ccccc2)c2ccccc2)cc1. The van der Waals surface area contributed by atoms with Crippen molar-refractivity contribution in [2.24, 2.45) is 0 Å². The molecule has 358 valence electrons. The summed E-state index contributed by atoms with van der Waals surface area (Å²) in [6.07, 6.45) is 0. The highest BCUT2D eigenvalue weighted by molar-refractivity contribution is 7.00. The minimum absolute atomic E-state index is 0.0135. The zero-order valence-corrected chi connectivity index (χ0v) is 42.7. The molecule has 2 heterocycles. The van der Waals surface area contributed by atoms with Crippen LogP contribution in [0.4, 0.5) is 34.1 Å². The van der Waals surface area contributed by atoms with E-state index in [2.05, 4.69) is 322 Å². The first-order valence-electron chi connectivity index (χ1n) is 26.4. The summed E-state index contributed by atoms with van der Waals surface area (Å²) in [6, 6.07) is 108. The number of nitrogens with zero attached hydrogens (tertiary/aromatic N) is 2. The van der Waals surface area contributed by atoms with Crippen molar-refractivity contribution in [2.75, 3.05) is 9.80 Å². The van der Waals surface area contributed by atoms with Gasteiger partial charge in [0.15, 0.2) is 0 Å². The van der Waals surface area contributed by atoms with Crippen LogP contribution >= 0.6 is 0 Å². The molecule has 0 spiro atoms. The Balaban J connectivity index is 0.997. The number of para-hydroxylation sites is 1. The molecule has 0 atom stereocenters. The van der Waals surface area contributed by atoms with Gasteiger partial charge in [-0.05, 0) is 120 Å². The lowest BCUT2D eigenvalue weighted by atomic mass is 9.33. The molecule has 11 aromatic carbocycles. The van der Waals surface area contributed by atoms with E-state index in [0.717, 1.165) is 11.4 Å². The lowest BCUT2D eigenvalue weighted by Crippen LogP contribution is -2.61. The molecule has 0 aliphatic carbocycles. The van der Waals surface area contributed by atoms with E-state index in [0.29, 0.717) is 0 Å². The standard InChI is InChI=1S/C72H57BN2/c1-70(2,3)60-45-50-66-64(51-60)73-63-37-22-23-38-65(63)74(61-46-41-58(42-47-61)71(52-25-10-4-11-26-52,53-27-12-5-13-28-53)54-29-14-6-15-30-54)67-39-24-40-68(69(67)73)75(66)62-48-43-59(44-49-62)72(55-31-16-7-17-32-55,56-33-18-8-19-34-56)57-35-20-9-21-36-57/h4-51H,1-3H3. The largest absolute Gasteiger partial charge is 0.311 e. The van der Waals surface area contributed by atoms with Crippen LogP contribution in [0.15, 0.2) is 291 Å². The van der Waals surface area contributed by atoms with E-state index in [4.69, 9.17) is 0 Å². The minimum atomic E-state index is -0.552. The van der Waals surface area contributed by atoms with Gasteiger partial charge in [-0.25, -0.2) is 0 Å². The quantitative estimate of drug-likeness (QED) is 0.0995. The first-order chi connectivity index (χ1) is 36.9. The number of anilines is 6. The third-order valence-corrected chi connectivity index (χ3v) is 16.1. The van der Waals surface area contributed by atoms with Crippen molar-refractivity contribution in [1.82, 2.24) is 0 Å². The molecule has 0 bridgehead atoms. The van der Waals surface area contributed by atoms with E-state index in [-0.39, 0.29) is 12.1 Å². The number of hydrogen-bond acceptors (Lipinski definition) is 2. The molecule has 75 heavy (non-hydrogen) atoms. The third kappa shape index (κ3) is 7.40. The van der Waals surface area contributed by atoms with E-state index in [1.165, 1.54) is 89.2 Å². The molecule has 0 radical (unpaired) electrons. The molecule has 0 saturated heterocycles. The fourth-order valence-electron chi connectivity index (χ4n) is 12.8. The Hall–Kier alpha value is -8.92. The molecule has 3 heteroatoms. The van der Waals surface area contributed by atoms with E-state index < -0.39 is 10.8 Å². The highest BCUT2D eigenvalue weighted by Crippen LogP contribution is 2.50. The maximum absolute atomic E-state index is 2.53. The fraction of sp³-hybridized carbons (Fsp3) is 0.0833. The van der Waals surface area contributed by atoms with Gasteiger partial charge in [0.2, 0.25) is 0 Å². The van der Waals surface area contributed by atoms with Gasteiger partial charge in [0, 0.05) is 34.1 Å². The van der Waals surface area contributed by atoms with Crippen molar-refractivity contribution in [3.05, 3.63) is 341 Å². The van der Waals surface area contributed by atoms with Gasteiger partial charge in [-0.1, -0.05) is 263 Å². The summed E-state index contributed by atoms with van der Waals surface area (Å²) < 4.78 is 0. The van der Waals surface area contributed by atoms with Gasteiger partial charge in [0.25, 0.3) is 6.71 Å². The zero-order chi connectivity index (χ0) is 50.6. The Bertz CT molecular complexity index is 3570. The molecule has 2 aliphatic heterocycles. The summed E-state index contributed by atoms with van der Waals surface area (Å²) in [5.74, 6) is 0. The second-order valence-electron chi connectivity index (χ2n) is 21.2. The van der Waals surface area contributed by atoms with Gasteiger partial charge in [-0.2, -0.15) is 0 Å². The molecule has 0 N–H and O–H groups in total. The van der Waals surface area contributed by atoms with Crippen molar-refractivity contribution < 1.29 is 0 Å². The maximum Gasteiger partial charge on any atom is 0.252 e. The fourth-order valence-corrected chi connectivity index (χ4v) is 12.8. The number of fused-ring (bicyclic) bond motifs is 4. The van der Waals surface area contributed by atoms with Gasteiger partial charge in [0.1, 0.15) is 0 Å². The van der Waals surface area contributed by atoms with Crippen LogP contribution in [-0.2, 0) is 16.2 Å². The predicted octanol–water partition coefficient (Wildman–Crippen LogP) is 15.8. The molecule has 0 amide bonds. The molecule has 13 rings (SSSR count). The summed E-state index contributed by atoms with van der Waals surface area (Å²) in [5.41, 5.74) is 20.9. The normalized spacial score (nSPS) is 12.9. The molecule has 0 saturated carbocycles. The van der Waals surface area contributed by atoms with Gasteiger partial charge < -0.3 is 9.80 Å². The Morgan fingerprint density at radius 1 is 0.253 bits per heavy atom. The highest BCUT2D eigenvalue weighted by Gasteiger charge is 2.45. The van der Waals surface area contributed by atoms with Crippen LogP contribution in [0.1, 0.15) is 70.8 Å². The van der Waals surface area contributed by atoms with Crippen LogP contribution in [0.3, 0.4) is 0 Å². The van der Waals surface area contributed by atoms with E-state index in [1.54, 1.807) is 0 Å². The Morgan fingerprint density at radius 3 is 0.907 bits per heavy atom. The van der Waals surface area contributed by atoms with Crippen molar-refractivity contribution >= 4 is 57.2 Å². The van der Waals surface area contributed by atoms with Crippen LogP contribution < -0.4 is 26.2 Å². The first kappa shape index (κ1) is 45.9. The summed E-state index contributed by atoms with van der Waals surface area (Å²) in [6.45, 7) is 7.00. The topological polar surface area (TPSA) is 6.48 Å². The van der Waals surface area contributed by atoms with Crippen LogP contribution in [-0.4, -0.2) is 6.71 Å². The minimum Gasteiger partial charge on any atom is -0.311 e. The summed E-state index contributed by atoms with van der Waals surface area (Å²) in [4.78, 5) is 5.04. The summed E-state index contributed by atoms with van der Waals surface area (Å²) in [7, 11) is 0.